The maximum absolute atomic E-state index is 12.4. The highest BCUT2D eigenvalue weighted by atomic mass is 16.5. The molecule has 1 amide bonds. The second kappa shape index (κ2) is 11.7. The van der Waals surface area contributed by atoms with Crippen molar-refractivity contribution in [1.82, 2.24) is 10.6 Å². The van der Waals surface area contributed by atoms with Gasteiger partial charge in [0.1, 0.15) is 6.04 Å². The number of guanidine groups is 1. The average molecular weight is 375 g/mol. The molecule has 7 N–H and O–H groups in total. The molecule has 0 aliphatic rings. The molecule has 0 saturated heterocycles. The number of amides is 1. The summed E-state index contributed by atoms with van der Waals surface area (Å²) in [6.07, 6.45) is 1.14. The van der Waals surface area contributed by atoms with Crippen molar-refractivity contribution in [2.75, 3.05) is 13.2 Å². The minimum Gasteiger partial charge on any atom is -0.464 e. The fourth-order valence-corrected chi connectivity index (χ4v) is 2.45. The summed E-state index contributed by atoms with van der Waals surface area (Å²) in [7, 11) is 0. The Balaban J connectivity index is 2.60. The molecule has 0 aliphatic carbocycles. The van der Waals surface area contributed by atoms with Crippen LogP contribution in [0.25, 0.3) is 5.57 Å². The standard InChI is InChI=1S/C19H29N5O3/c1-3-27-18(26)16(10-7-11-23-19(21)22)24-17(25)15(20)12-13(2)14-8-5-4-6-9-14/h4-6,8-9,15-16H,2-3,7,10-12,20H2,1H3,(H,24,25)(H4,21,22,23)/t15-,16-/m0/s1. The fourth-order valence-electron chi connectivity index (χ4n) is 2.45. The van der Waals surface area contributed by atoms with Crippen molar-refractivity contribution in [1.29, 1.82) is 5.41 Å². The molecule has 0 aromatic heterocycles. The third-order valence-corrected chi connectivity index (χ3v) is 3.86. The molecule has 1 aromatic carbocycles. The van der Waals surface area contributed by atoms with Gasteiger partial charge >= 0.3 is 5.97 Å². The van der Waals surface area contributed by atoms with E-state index in [2.05, 4.69) is 17.2 Å². The van der Waals surface area contributed by atoms with Gasteiger partial charge in [0.15, 0.2) is 5.96 Å². The van der Waals surface area contributed by atoms with Crippen LogP contribution in [0.15, 0.2) is 36.9 Å². The van der Waals surface area contributed by atoms with Crippen molar-refractivity contribution >= 4 is 23.4 Å². The minimum atomic E-state index is -0.829. The summed E-state index contributed by atoms with van der Waals surface area (Å²) in [4.78, 5) is 24.5. The largest absolute Gasteiger partial charge is 0.464 e. The summed E-state index contributed by atoms with van der Waals surface area (Å²) >= 11 is 0. The van der Waals surface area contributed by atoms with Crippen LogP contribution in [0, 0.1) is 5.41 Å². The number of nitrogens with one attached hydrogen (secondary N) is 3. The van der Waals surface area contributed by atoms with E-state index in [-0.39, 0.29) is 19.0 Å². The molecule has 0 fully saturated rings. The predicted octanol–water partition coefficient (Wildman–Crippen LogP) is 0.728. The van der Waals surface area contributed by atoms with Crippen LogP contribution >= 0.6 is 0 Å². The van der Waals surface area contributed by atoms with Gasteiger partial charge < -0.3 is 26.8 Å². The number of nitrogens with two attached hydrogens (primary N) is 2. The first kappa shape index (κ1) is 22.2. The van der Waals surface area contributed by atoms with E-state index in [1.54, 1.807) is 6.92 Å². The van der Waals surface area contributed by atoms with E-state index in [1.165, 1.54) is 0 Å². The molecule has 0 unspecified atom stereocenters. The summed E-state index contributed by atoms with van der Waals surface area (Å²) in [6, 6.07) is 7.84. The Kier molecular flexibility index (Phi) is 9.60. The maximum Gasteiger partial charge on any atom is 0.328 e. The number of ether oxygens (including phenoxy) is 1. The van der Waals surface area contributed by atoms with Crippen LogP contribution < -0.4 is 22.1 Å². The number of hydrogen-bond donors (Lipinski definition) is 5. The zero-order valence-electron chi connectivity index (χ0n) is 15.7. The van der Waals surface area contributed by atoms with Crippen LogP contribution in [-0.4, -0.2) is 43.1 Å². The quantitative estimate of drug-likeness (QED) is 0.167. The molecule has 0 aliphatic heterocycles. The van der Waals surface area contributed by atoms with Gasteiger partial charge in [-0.05, 0) is 37.3 Å². The van der Waals surface area contributed by atoms with E-state index in [1.807, 2.05) is 30.3 Å². The number of carbonyl (C=O) groups is 2. The molecule has 0 saturated carbocycles. The molecule has 148 valence electrons. The molecule has 1 aromatic rings. The lowest BCUT2D eigenvalue weighted by Crippen LogP contribution is -2.49. The minimum absolute atomic E-state index is 0.145. The lowest BCUT2D eigenvalue weighted by Gasteiger charge is -2.20. The molecule has 0 heterocycles. The van der Waals surface area contributed by atoms with Gasteiger partial charge in [0.2, 0.25) is 5.91 Å². The van der Waals surface area contributed by atoms with Gasteiger partial charge in [-0.2, -0.15) is 0 Å². The monoisotopic (exact) mass is 375 g/mol. The number of carbonyl (C=O) groups excluding carboxylic acids is 2. The molecular weight excluding hydrogens is 346 g/mol. The van der Waals surface area contributed by atoms with Gasteiger partial charge in [-0.1, -0.05) is 36.9 Å². The van der Waals surface area contributed by atoms with Gasteiger partial charge in [-0.15, -0.1) is 0 Å². The van der Waals surface area contributed by atoms with Crippen molar-refractivity contribution < 1.29 is 14.3 Å². The zero-order chi connectivity index (χ0) is 20.2. The van der Waals surface area contributed by atoms with Crippen molar-refractivity contribution in [2.24, 2.45) is 11.5 Å². The topological polar surface area (TPSA) is 143 Å². The zero-order valence-corrected chi connectivity index (χ0v) is 15.7. The first-order chi connectivity index (χ1) is 12.8. The Morgan fingerprint density at radius 3 is 2.56 bits per heavy atom. The van der Waals surface area contributed by atoms with Gasteiger partial charge in [0, 0.05) is 6.54 Å². The SMILES string of the molecule is C=C(C[C@H](N)C(=O)N[C@@H](CCCNC(=N)N)C(=O)OCC)c1ccccc1. The number of rotatable bonds is 11. The van der Waals surface area contributed by atoms with Crippen molar-refractivity contribution in [3.8, 4) is 0 Å². The van der Waals surface area contributed by atoms with Crippen LogP contribution in [0.3, 0.4) is 0 Å². The first-order valence-electron chi connectivity index (χ1n) is 8.88. The molecule has 0 spiro atoms. The Labute approximate surface area is 159 Å². The summed E-state index contributed by atoms with van der Waals surface area (Å²) in [5, 5.41) is 12.4. The Hall–Kier alpha value is -2.87. The Morgan fingerprint density at radius 2 is 1.96 bits per heavy atom. The number of benzene rings is 1. The maximum atomic E-state index is 12.4. The van der Waals surface area contributed by atoms with Crippen LogP contribution in [0.4, 0.5) is 0 Å². The van der Waals surface area contributed by atoms with Crippen LogP contribution in [-0.2, 0) is 14.3 Å². The smallest absolute Gasteiger partial charge is 0.328 e. The van der Waals surface area contributed by atoms with E-state index in [4.69, 9.17) is 21.6 Å². The molecular formula is C19H29N5O3. The second-order valence-electron chi connectivity index (χ2n) is 6.08. The van der Waals surface area contributed by atoms with E-state index < -0.39 is 24.0 Å². The van der Waals surface area contributed by atoms with E-state index in [0.717, 1.165) is 11.1 Å². The molecule has 0 radical (unpaired) electrons. The van der Waals surface area contributed by atoms with Crippen LogP contribution in [0.1, 0.15) is 31.7 Å². The van der Waals surface area contributed by atoms with Gasteiger partial charge in [0.25, 0.3) is 0 Å². The Bertz CT molecular complexity index is 648. The molecule has 8 heteroatoms. The summed E-state index contributed by atoms with van der Waals surface area (Å²) in [5.74, 6) is -1.10. The Morgan fingerprint density at radius 1 is 1.30 bits per heavy atom. The molecule has 8 nitrogen and oxygen atoms in total. The molecule has 0 bridgehead atoms. The molecule has 2 atom stereocenters. The van der Waals surface area contributed by atoms with Crippen LogP contribution in [0.2, 0.25) is 0 Å². The van der Waals surface area contributed by atoms with Gasteiger partial charge in [-0.25, -0.2) is 4.79 Å². The summed E-state index contributed by atoms with van der Waals surface area (Å²) < 4.78 is 5.01. The summed E-state index contributed by atoms with van der Waals surface area (Å²) in [5.41, 5.74) is 12.9. The third kappa shape index (κ3) is 8.37. The first-order valence-corrected chi connectivity index (χ1v) is 8.88. The fraction of sp³-hybridized carbons (Fsp3) is 0.421. The van der Waals surface area contributed by atoms with Gasteiger partial charge in [-0.3, -0.25) is 10.2 Å². The lowest BCUT2D eigenvalue weighted by molar-refractivity contribution is -0.147. The normalized spacial score (nSPS) is 12.5. The average Bonchev–Trinajstić information content (AvgIpc) is 2.64. The van der Waals surface area contributed by atoms with E-state index >= 15 is 0 Å². The highest BCUT2D eigenvalue weighted by molar-refractivity contribution is 5.88. The predicted molar refractivity (Wildman–Crippen MR) is 106 cm³/mol. The van der Waals surface area contributed by atoms with Crippen molar-refractivity contribution in [3.63, 3.8) is 0 Å². The highest BCUT2D eigenvalue weighted by Crippen LogP contribution is 2.17. The van der Waals surface area contributed by atoms with Crippen molar-refractivity contribution in [2.45, 2.75) is 38.3 Å². The molecule has 27 heavy (non-hydrogen) atoms. The van der Waals surface area contributed by atoms with Crippen LogP contribution in [0.5, 0.6) is 0 Å². The van der Waals surface area contributed by atoms with E-state index in [0.29, 0.717) is 19.4 Å². The number of hydrogen-bond acceptors (Lipinski definition) is 5. The lowest BCUT2D eigenvalue weighted by atomic mass is 10.00. The van der Waals surface area contributed by atoms with E-state index in [9.17, 15) is 9.59 Å². The molecule has 1 rings (SSSR count). The third-order valence-electron chi connectivity index (χ3n) is 3.86. The number of esters is 1. The van der Waals surface area contributed by atoms with Gasteiger partial charge in [0.05, 0.1) is 12.6 Å². The van der Waals surface area contributed by atoms with Crippen molar-refractivity contribution in [3.05, 3.63) is 42.5 Å². The second-order valence-corrected chi connectivity index (χ2v) is 6.08. The summed E-state index contributed by atoms with van der Waals surface area (Å²) in [6.45, 7) is 6.31. The highest BCUT2D eigenvalue weighted by Gasteiger charge is 2.25.